The molecule has 0 amide bonds. The van der Waals surface area contributed by atoms with Crippen LogP contribution in [0.1, 0.15) is 123 Å². The molecule has 0 atom stereocenters. The molecule has 0 aliphatic heterocycles. The number of nitrogens with zero attached hydrogens (tertiary/aromatic N) is 1. The van der Waals surface area contributed by atoms with E-state index < -0.39 is 0 Å². The maximum Gasteiger partial charge on any atom is 0.309 e. The summed E-state index contributed by atoms with van der Waals surface area (Å²) in [7, 11) is 0. The Bertz CT molecular complexity index is 556. The molecule has 0 aromatic carbocycles. The van der Waals surface area contributed by atoms with Gasteiger partial charge in [0, 0.05) is 0 Å². The van der Waals surface area contributed by atoms with Crippen molar-refractivity contribution < 1.29 is 9.53 Å². The summed E-state index contributed by atoms with van der Waals surface area (Å²) in [6, 6.07) is 2.71. The number of hydrogen-bond acceptors (Lipinski definition) is 3. The molecule has 0 aromatic heterocycles. The smallest absolute Gasteiger partial charge is 0.309 e. The predicted molar refractivity (Wildman–Crippen MR) is 122 cm³/mol. The topological polar surface area (TPSA) is 50.1 Å². The first-order valence-electron chi connectivity index (χ1n) is 13.2. The molecule has 3 rings (SSSR count). The molecule has 3 fully saturated rings. The Morgan fingerprint density at radius 2 is 1.53 bits per heavy atom. The van der Waals surface area contributed by atoms with Gasteiger partial charge in [0.15, 0.2) is 0 Å². The fourth-order valence-electron chi connectivity index (χ4n) is 6.54. The number of ether oxygens (including phenoxy) is 1. The fraction of sp³-hybridized carbons (Fsp3) is 0.926. The van der Waals surface area contributed by atoms with Gasteiger partial charge in [-0.3, -0.25) is 4.79 Å². The van der Waals surface area contributed by atoms with Gasteiger partial charge in [-0.25, -0.2) is 0 Å². The van der Waals surface area contributed by atoms with Crippen LogP contribution in [0.3, 0.4) is 0 Å². The minimum atomic E-state index is -0.0326. The number of hydrogen-bond donors (Lipinski definition) is 0. The van der Waals surface area contributed by atoms with Gasteiger partial charge in [0.05, 0.1) is 17.4 Å². The zero-order valence-corrected chi connectivity index (χ0v) is 19.7. The van der Waals surface area contributed by atoms with Crippen molar-refractivity contribution in [2.24, 2.45) is 29.1 Å². The average molecular weight is 416 g/mol. The second kappa shape index (κ2) is 11.5. The molecule has 170 valence electrons. The van der Waals surface area contributed by atoms with Crippen molar-refractivity contribution in [2.45, 2.75) is 129 Å². The van der Waals surface area contributed by atoms with Crippen LogP contribution in [0.25, 0.3) is 0 Å². The molecular formula is C27H45NO2. The summed E-state index contributed by atoms with van der Waals surface area (Å²) in [4.78, 5) is 12.6. The van der Waals surface area contributed by atoms with Crippen molar-refractivity contribution in [3.8, 4) is 6.07 Å². The Labute approximate surface area is 185 Å². The monoisotopic (exact) mass is 415 g/mol. The van der Waals surface area contributed by atoms with Crippen LogP contribution in [0.15, 0.2) is 0 Å². The van der Waals surface area contributed by atoms with E-state index in [-0.39, 0.29) is 23.4 Å². The molecule has 0 N–H and O–H groups in total. The second-order valence-electron chi connectivity index (χ2n) is 10.8. The maximum atomic E-state index is 12.6. The molecule has 3 aliphatic rings. The molecule has 3 heteroatoms. The van der Waals surface area contributed by atoms with Crippen LogP contribution in [-0.2, 0) is 9.53 Å². The highest BCUT2D eigenvalue weighted by molar-refractivity contribution is 5.72. The Balaban J connectivity index is 1.37. The van der Waals surface area contributed by atoms with Gasteiger partial charge in [0.25, 0.3) is 0 Å². The quantitative estimate of drug-likeness (QED) is 0.303. The van der Waals surface area contributed by atoms with E-state index in [0.717, 1.165) is 62.7 Å². The molecular weight excluding hydrogens is 370 g/mol. The lowest BCUT2D eigenvalue weighted by Gasteiger charge is -2.40. The summed E-state index contributed by atoms with van der Waals surface area (Å²) in [6.45, 7) is 4.50. The van der Waals surface area contributed by atoms with E-state index in [9.17, 15) is 10.1 Å². The Morgan fingerprint density at radius 3 is 2.10 bits per heavy atom. The number of nitriles is 1. The summed E-state index contributed by atoms with van der Waals surface area (Å²) in [5.74, 6) is 2.66. The van der Waals surface area contributed by atoms with Gasteiger partial charge < -0.3 is 4.74 Å². The van der Waals surface area contributed by atoms with Gasteiger partial charge in [-0.15, -0.1) is 0 Å². The van der Waals surface area contributed by atoms with Crippen molar-refractivity contribution in [2.75, 3.05) is 0 Å². The Hall–Kier alpha value is -1.04. The van der Waals surface area contributed by atoms with Crippen LogP contribution >= 0.6 is 0 Å². The highest BCUT2D eigenvalue weighted by Crippen LogP contribution is 2.47. The first-order valence-corrected chi connectivity index (χ1v) is 13.2. The van der Waals surface area contributed by atoms with Gasteiger partial charge in [-0.2, -0.15) is 5.26 Å². The number of unbranched alkanes of at least 4 members (excludes halogenated alkanes) is 2. The number of carbonyl (C=O) groups is 1. The lowest BCUT2D eigenvalue weighted by Crippen LogP contribution is -2.34. The molecule has 0 saturated heterocycles. The van der Waals surface area contributed by atoms with Gasteiger partial charge in [0.1, 0.15) is 6.10 Å². The molecule has 0 heterocycles. The molecule has 0 radical (unpaired) electrons. The second-order valence-corrected chi connectivity index (χ2v) is 10.8. The normalized spacial score (nSPS) is 37.3. The lowest BCUT2D eigenvalue weighted by atomic mass is 9.64. The Kier molecular flexibility index (Phi) is 9.09. The Morgan fingerprint density at radius 1 is 0.900 bits per heavy atom. The molecule has 3 nitrogen and oxygen atoms in total. The molecule has 0 unspecified atom stereocenters. The first-order chi connectivity index (χ1) is 14.6. The van der Waals surface area contributed by atoms with Crippen molar-refractivity contribution in [3.05, 3.63) is 0 Å². The number of carbonyl (C=O) groups excluding carboxylic acids is 1. The van der Waals surface area contributed by atoms with E-state index in [2.05, 4.69) is 19.9 Å². The number of esters is 1. The fourth-order valence-corrected chi connectivity index (χ4v) is 6.54. The van der Waals surface area contributed by atoms with Crippen molar-refractivity contribution in [3.63, 3.8) is 0 Å². The van der Waals surface area contributed by atoms with E-state index >= 15 is 0 Å². The van der Waals surface area contributed by atoms with Crippen LogP contribution < -0.4 is 0 Å². The highest BCUT2D eigenvalue weighted by atomic mass is 16.5. The van der Waals surface area contributed by atoms with E-state index in [1.807, 2.05) is 0 Å². The van der Waals surface area contributed by atoms with Crippen LogP contribution in [0, 0.1) is 40.4 Å². The molecule has 0 spiro atoms. The molecule has 0 bridgehead atoms. The van der Waals surface area contributed by atoms with Crippen LogP contribution in [0.4, 0.5) is 0 Å². The average Bonchev–Trinajstić information content (AvgIpc) is 2.80. The van der Waals surface area contributed by atoms with Gasteiger partial charge >= 0.3 is 5.97 Å². The van der Waals surface area contributed by atoms with Crippen molar-refractivity contribution >= 4 is 5.97 Å². The van der Waals surface area contributed by atoms with E-state index in [4.69, 9.17) is 4.74 Å². The minimum absolute atomic E-state index is 0.0326. The van der Waals surface area contributed by atoms with E-state index in [0.29, 0.717) is 0 Å². The largest absolute Gasteiger partial charge is 0.462 e. The SMILES string of the molecule is CCCCCC1(C#N)CCC(C2CCC(OC(=O)C3CCC(CC)CC3)CC2)CC1. The lowest BCUT2D eigenvalue weighted by molar-refractivity contribution is -0.157. The zero-order valence-electron chi connectivity index (χ0n) is 19.7. The standard InChI is InChI=1S/C27H45NO2/c1-3-5-6-17-27(20-28)18-15-23(16-19-27)22-11-13-25(14-12-22)30-26(29)24-9-7-21(4-2)8-10-24/h21-25H,3-19H2,1-2H3. The third kappa shape index (κ3) is 6.24. The summed E-state index contributed by atoms with van der Waals surface area (Å²) in [5, 5.41) is 9.79. The summed E-state index contributed by atoms with van der Waals surface area (Å²) in [6.07, 6.45) is 19.9. The van der Waals surface area contributed by atoms with E-state index in [1.165, 1.54) is 64.2 Å². The van der Waals surface area contributed by atoms with Crippen LogP contribution in [-0.4, -0.2) is 12.1 Å². The summed E-state index contributed by atoms with van der Waals surface area (Å²) in [5.41, 5.74) is -0.0326. The minimum Gasteiger partial charge on any atom is -0.462 e. The molecule has 3 saturated carbocycles. The maximum absolute atomic E-state index is 12.6. The summed E-state index contributed by atoms with van der Waals surface area (Å²) < 4.78 is 5.96. The van der Waals surface area contributed by atoms with Crippen molar-refractivity contribution in [1.29, 1.82) is 5.26 Å². The molecule has 30 heavy (non-hydrogen) atoms. The van der Waals surface area contributed by atoms with Gasteiger partial charge in [-0.1, -0.05) is 39.5 Å². The van der Waals surface area contributed by atoms with Crippen LogP contribution in [0.2, 0.25) is 0 Å². The van der Waals surface area contributed by atoms with Gasteiger partial charge in [0.2, 0.25) is 0 Å². The predicted octanol–water partition coefficient (Wildman–Crippen LogP) is 7.59. The highest BCUT2D eigenvalue weighted by Gasteiger charge is 2.39. The van der Waals surface area contributed by atoms with Gasteiger partial charge in [-0.05, 0) is 101 Å². The summed E-state index contributed by atoms with van der Waals surface area (Å²) >= 11 is 0. The van der Waals surface area contributed by atoms with Crippen molar-refractivity contribution in [1.82, 2.24) is 0 Å². The molecule has 3 aliphatic carbocycles. The number of rotatable bonds is 8. The zero-order chi connectivity index (χ0) is 21.4. The first kappa shape index (κ1) is 23.6. The van der Waals surface area contributed by atoms with E-state index in [1.54, 1.807) is 0 Å². The third-order valence-electron chi connectivity index (χ3n) is 8.91. The van der Waals surface area contributed by atoms with Crippen LogP contribution in [0.5, 0.6) is 0 Å². The third-order valence-corrected chi connectivity index (χ3v) is 8.91. The molecule has 0 aromatic rings.